The van der Waals surface area contributed by atoms with Crippen LogP contribution in [-0.2, 0) is 9.59 Å². The van der Waals surface area contributed by atoms with E-state index in [1.165, 1.54) is 18.6 Å². The average molecular weight is 481 g/mol. The van der Waals surface area contributed by atoms with E-state index in [0.717, 1.165) is 37.9 Å². The predicted molar refractivity (Wildman–Crippen MR) is 135 cm³/mol. The quantitative estimate of drug-likeness (QED) is 0.508. The minimum atomic E-state index is -0.339. The van der Waals surface area contributed by atoms with Gasteiger partial charge in [0.25, 0.3) is 0 Å². The van der Waals surface area contributed by atoms with Gasteiger partial charge in [-0.25, -0.2) is 4.39 Å². The highest BCUT2D eigenvalue weighted by Crippen LogP contribution is 2.38. The molecule has 0 spiro atoms. The zero-order valence-corrected chi connectivity index (χ0v) is 20.8. The number of nitrogens with zero attached hydrogens (tertiary/aromatic N) is 2. The largest absolute Gasteiger partial charge is 0.493 e. The highest BCUT2D eigenvalue weighted by atomic mass is 19.1. The first-order chi connectivity index (χ1) is 17.0. The number of likely N-dealkylation sites (tertiary alicyclic amines) is 2. The molecule has 35 heavy (non-hydrogen) atoms. The minimum Gasteiger partial charge on any atom is -0.493 e. The molecule has 2 saturated heterocycles. The third-order valence-corrected chi connectivity index (χ3v) is 7.64. The van der Waals surface area contributed by atoms with Crippen molar-refractivity contribution in [1.82, 2.24) is 9.80 Å². The lowest BCUT2D eigenvalue weighted by Gasteiger charge is -2.43. The standard InChI is InChI=1S/C29H37FN2O3/c1-2-26(23-9-5-3-6-10-23)28(34)32-19-15-29(16-20-32,21-27(33)31-17-7-4-8-18-31)22-35-25-13-11-24(30)12-14-25/h3,5-6,9-14,26H,2,4,7-8,15-22H2,1H3. The Labute approximate surface area is 208 Å². The van der Waals surface area contributed by atoms with Gasteiger partial charge in [0.15, 0.2) is 0 Å². The Morgan fingerprint density at radius 1 is 0.914 bits per heavy atom. The zero-order chi connectivity index (χ0) is 24.7. The van der Waals surface area contributed by atoms with Crippen molar-refractivity contribution >= 4 is 11.8 Å². The Hall–Kier alpha value is -2.89. The fraction of sp³-hybridized carbons (Fsp3) is 0.517. The minimum absolute atomic E-state index is 0.144. The predicted octanol–water partition coefficient (Wildman–Crippen LogP) is 5.41. The van der Waals surface area contributed by atoms with Crippen LogP contribution in [0.2, 0.25) is 0 Å². The van der Waals surface area contributed by atoms with E-state index in [9.17, 15) is 14.0 Å². The van der Waals surface area contributed by atoms with E-state index in [4.69, 9.17) is 4.74 Å². The van der Waals surface area contributed by atoms with Crippen LogP contribution in [0, 0.1) is 11.2 Å². The zero-order valence-electron chi connectivity index (χ0n) is 20.8. The summed E-state index contributed by atoms with van der Waals surface area (Å²) in [4.78, 5) is 30.6. The Balaban J connectivity index is 1.44. The van der Waals surface area contributed by atoms with E-state index in [0.29, 0.717) is 44.7 Å². The van der Waals surface area contributed by atoms with Gasteiger partial charge in [0.2, 0.25) is 11.8 Å². The summed E-state index contributed by atoms with van der Waals surface area (Å²) in [5.41, 5.74) is 0.713. The number of hydrogen-bond donors (Lipinski definition) is 0. The van der Waals surface area contributed by atoms with Crippen molar-refractivity contribution in [1.29, 1.82) is 0 Å². The number of hydrogen-bond acceptors (Lipinski definition) is 3. The molecule has 2 aromatic rings. The van der Waals surface area contributed by atoms with Gasteiger partial charge in [-0.05, 0) is 68.4 Å². The molecule has 2 aromatic carbocycles. The molecule has 0 N–H and O–H groups in total. The molecular weight excluding hydrogens is 443 g/mol. The van der Waals surface area contributed by atoms with E-state index in [2.05, 4.69) is 6.92 Å². The van der Waals surface area contributed by atoms with Crippen LogP contribution in [0.4, 0.5) is 4.39 Å². The van der Waals surface area contributed by atoms with Gasteiger partial charge in [-0.15, -0.1) is 0 Å². The van der Waals surface area contributed by atoms with Crippen LogP contribution in [0.25, 0.3) is 0 Å². The van der Waals surface area contributed by atoms with Crippen LogP contribution in [0.3, 0.4) is 0 Å². The van der Waals surface area contributed by atoms with Crippen molar-refractivity contribution in [2.45, 2.75) is 57.8 Å². The number of ether oxygens (including phenoxy) is 1. The number of benzene rings is 2. The summed E-state index contributed by atoms with van der Waals surface area (Å²) in [6.07, 6.45) is 5.91. The van der Waals surface area contributed by atoms with Gasteiger partial charge >= 0.3 is 0 Å². The molecule has 1 atom stereocenters. The van der Waals surface area contributed by atoms with Crippen LogP contribution in [0.5, 0.6) is 5.75 Å². The topological polar surface area (TPSA) is 49.9 Å². The van der Waals surface area contributed by atoms with E-state index < -0.39 is 0 Å². The molecule has 4 rings (SSSR count). The summed E-state index contributed by atoms with van der Waals surface area (Å²) >= 11 is 0. The van der Waals surface area contributed by atoms with E-state index in [1.807, 2.05) is 40.1 Å². The number of piperidine rings is 2. The third-order valence-electron chi connectivity index (χ3n) is 7.64. The van der Waals surface area contributed by atoms with Crippen molar-refractivity contribution in [3.63, 3.8) is 0 Å². The molecule has 2 fully saturated rings. The second-order valence-corrected chi connectivity index (χ2v) is 10.1. The lowest BCUT2D eigenvalue weighted by Crippen LogP contribution is -2.49. The van der Waals surface area contributed by atoms with Gasteiger partial charge in [-0.2, -0.15) is 0 Å². The Morgan fingerprint density at radius 3 is 2.20 bits per heavy atom. The molecule has 0 radical (unpaired) electrons. The summed E-state index contributed by atoms with van der Waals surface area (Å²) < 4.78 is 19.4. The van der Waals surface area contributed by atoms with Crippen molar-refractivity contribution in [2.75, 3.05) is 32.8 Å². The van der Waals surface area contributed by atoms with Gasteiger partial charge in [0.05, 0.1) is 12.5 Å². The van der Waals surface area contributed by atoms with Gasteiger partial charge in [-0.3, -0.25) is 9.59 Å². The molecule has 2 amide bonds. The Kier molecular flexibility index (Phi) is 8.42. The highest BCUT2D eigenvalue weighted by molar-refractivity contribution is 5.84. The molecule has 5 nitrogen and oxygen atoms in total. The molecule has 2 aliphatic rings. The van der Waals surface area contributed by atoms with Crippen molar-refractivity contribution in [3.05, 3.63) is 66.0 Å². The molecule has 1 unspecified atom stereocenters. The van der Waals surface area contributed by atoms with Gasteiger partial charge in [0.1, 0.15) is 11.6 Å². The summed E-state index contributed by atoms with van der Waals surface area (Å²) in [6.45, 7) is 5.32. The first kappa shape index (κ1) is 25.2. The molecule has 0 aromatic heterocycles. The molecule has 0 saturated carbocycles. The van der Waals surface area contributed by atoms with Crippen LogP contribution in [-0.4, -0.2) is 54.4 Å². The maximum absolute atomic E-state index is 13.4. The normalized spacial score (nSPS) is 18.7. The molecule has 0 aliphatic carbocycles. The fourth-order valence-corrected chi connectivity index (χ4v) is 5.38. The molecule has 2 aliphatic heterocycles. The van der Waals surface area contributed by atoms with Crippen molar-refractivity contribution in [3.8, 4) is 5.75 Å². The first-order valence-electron chi connectivity index (χ1n) is 13.0. The lowest BCUT2D eigenvalue weighted by molar-refractivity contribution is -0.139. The number of rotatable bonds is 8. The van der Waals surface area contributed by atoms with Gasteiger partial charge < -0.3 is 14.5 Å². The Morgan fingerprint density at radius 2 is 1.57 bits per heavy atom. The van der Waals surface area contributed by atoms with E-state index >= 15 is 0 Å². The number of carbonyl (C=O) groups is 2. The fourth-order valence-electron chi connectivity index (χ4n) is 5.38. The summed E-state index contributed by atoms with van der Waals surface area (Å²) in [5.74, 6) is 0.499. The second kappa shape index (κ2) is 11.7. The number of halogens is 1. The van der Waals surface area contributed by atoms with E-state index in [-0.39, 0.29) is 29.0 Å². The third kappa shape index (κ3) is 6.41. The van der Waals surface area contributed by atoms with Crippen LogP contribution in [0.15, 0.2) is 54.6 Å². The van der Waals surface area contributed by atoms with Crippen LogP contribution < -0.4 is 4.74 Å². The van der Waals surface area contributed by atoms with Crippen LogP contribution in [0.1, 0.15) is 63.4 Å². The maximum Gasteiger partial charge on any atom is 0.230 e. The monoisotopic (exact) mass is 480 g/mol. The SMILES string of the molecule is CCC(C(=O)N1CCC(COc2ccc(F)cc2)(CC(=O)N2CCCCC2)CC1)c1ccccc1. The van der Waals surface area contributed by atoms with Crippen molar-refractivity contribution < 1.29 is 18.7 Å². The van der Waals surface area contributed by atoms with Gasteiger partial charge in [0, 0.05) is 38.0 Å². The average Bonchev–Trinajstić information content (AvgIpc) is 2.90. The summed E-state index contributed by atoms with van der Waals surface area (Å²) in [6, 6.07) is 16.0. The molecule has 188 valence electrons. The number of carbonyl (C=O) groups excluding carboxylic acids is 2. The smallest absolute Gasteiger partial charge is 0.230 e. The number of amides is 2. The second-order valence-electron chi connectivity index (χ2n) is 10.1. The van der Waals surface area contributed by atoms with Crippen LogP contribution >= 0.6 is 0 Å². The summed E-state index contributed by atoms with van der Waals surface area (Å²) in [7, 11) is 0. The molecule has 2 heterocycles. The van der Waals surface area contributed by atoms with Crippen molar-refractivity contribution in [2.24, 2.45) is 5.41 Å². The maximum atomic E-state index is 13.4. The molecular formula is C29H37FN2O3. The lowest BCUT2D eigenvalue weighted by atomic mass is 9.75. The molecule has 0 bridgehead atoms. The summed E-state index contributed by atoms with van der Waals surface area (Å²) in [5, 5.41) is 0. The van der Waals surface area contributed by atoms with Gasteiger partial charge in [-0.1, -0.05) is 37.3 Å². The first-order valence-corrected chi connectivity index (χ1v) is 13.0. The molecule has 6 heteroatoms. The Bertz CT molecular complexity index is 965. The van der Waals surface area contributed by atoms with E-state index in [1.54, 1.807) is 12.1 Å². The highest BCUT2D eigenvalue weighted by Gasteiger charge is 2.40.